The summed E-state index contributed by atoms with van der Waals surface area (Å²) < 4.78 is 0. The van der Waals surface area contributed by atoms with Crippen LogP contribution < -0.4 is 10.6 Å². The molecule has 1 aromatic heterocycles. The number of unbranched alkanes of at least 4 members (excludes halogenated alkanes) is 1. The van der Waals surface area contributed by atoms with E-state index < -0.39 is 0 Å². The minimum Gasteiger partial charge on any atom is -0.356 e. The highest BCUT2D eigenvalue weighted by atomic mass is 16.2. The minimum absolute atomic E-state index is 0.0434. The molecule has 26 heavy (non-hydrogen) atoms. The molecule has 0 aliphatic heterocycles. The van der Waals surface area contributed by atoms with Gasteiger partial charge in [0.05, 0.1) is 6.54 Å². The van der Waals surface area contributed by atoms with E-state index in [-0.39, 0.29) is 12.5 Å². The van der Waals surface area contributed by atoms with Gasteiger partial charge in [0.2, 0.25) is 5.91 Å². The molecule has 1 atom stereocenters. The Hall–Kier alpha value is -2.11. The fourth-order valence-electron chi connectivity index (χ4n) is 2.65. The smallest absolute Gasteiger partial charge is 0.241 e. The predicted molar refractivity (Wildman–Crippen MR) is 108 cm³/mol. The van der Waals surface area contributed by atoms with Crippen molar-refractivity contribution in [3.05, 3.63) is 30.1 Å². The van der Waals surface area contributed by atoms with Crippen molar-refractivity contribution in [1.82, 2.24) is 20.5 Å². The number of hydrogen-bond acceptors (Lipinski definition) is 3. The monoisotopic (exact) mass is 361 g/mol. The van der Waals surface area contributed by atoms with E-state index >= 15 is 0 Å². The predicted octanol–water partition coefficient (Wildman–Crippen LogP) is 2.46. The number of likely N-dealkylation sites (N-methyl/N-ethyl adjacent to an activating group) is 1. The fraction of sp³-hybridized carbons (Fsp3) is 0.650. The van der Waals surface area contributed by atoms with Crippen LogP contribution in [0.1, 0.15) is 45.2 Å². The van der Waals surface area contributed by atoms with Gasteiger partial charge in [0.1, 0.15) is 0 Å². The molecule has 6 heteroatoms. The summed E-state index contributed by atoms with van der Waals surface area (Å²) in [5.74, 6) is 1.37. The van der Waals surface area contributed by atoms with Crippen molar-refractivity contribution < 1.29 is 4.79 Å². The summed E-state index contributed by atoms with van der Waals surface area (Å²) in [4.78, 5) is 22.5. The molecule has 1 aromatic rings. The Morgan fingerprint density at radius 1 is 1.31 bits per heavy atom. The first kappa shape index (κ1) is 21.9. The Kier molecular flexibility index (Phi) is 11.1. The van der Waals surface area contributed by atoms with E-state index in [1.54, 1.807) is 18.1 Å². The van der Waals surface area contributed by atoms with Crippen LogP contribution in [0, 0.1) is 5.92 Å². The lowest BCUT2D eigenvalue weighted by Gasteiger charge is -2.20. The number of carbonyl (C=O) groups excluding carboxylic acids is 1. The fourth-order valence-corrected chi connectivity index (χ4v) is 2.65. The van der Waals surface area contributed by atoms with Crippen LogP contribution in [0.15, 0.2) is 29.4 Å². The van der Waals surface area contributed by atoms with Gasteiger partial charge in [-0.15, -0.1) is 0 Å². The first-order chi connectivity index (χ1) is 12.6. The Morgan fingerprint density at radius 2 is 2.12 bits per heavy atom. The summed E-state index contributed by atoms with van der Waals surface area (Å²) in [5.41, 5.74) is 0.996. The molecule has 0 radical (unpaired) electrons. The Morgan fingerprint density at radius 3 is 2.73 bits per heavy atom. The lowest BCUT2D eigenvalue weighted by atomic mass is 9.99. The number of rotatable bonds is 11. The summed E-state index contributed by atoms with van der Waals surface area (Å²) in [6.07, 6.45) is 7.39. The van der Waals surface area contributed by atoms with Gasteiger partial charge in [-0.25, -0.2) is 0 Å². The van der Waals surface area contributed by atoms with E-state index in [9.17, 15) is 4.79 Å². The molecule has 0 aromatic carbocycles. The molecular weight excluding hydrogens is 326 g/mol. The zero-order valence-corrected chi connectivity index (χ0v) is 16.8. The molecule has 0 saturated heterocycles. The van der Waals surface area contributed by atoms with E-state index in [4.69, 9.17) is 0 Å². The van der Waals surface area contributed by atoms with Crippen LogP contribution in [0.5, 0.6) is 0 Å². The van der Waals surface area contributed by atoms with E-state index in [1.807, 2.05) is 25.2 Å². The van der Waals surface area contributed by atoms with Crippen LogP contribution in [-0.4, -0.2) is 55.5 Å². The van der Waals surface area contributed by atoms with Gasteiger partial charge in [-0.05, 0) is 24.5 Å². The standard InChI is InChI=1S/C20H35N5O/c1-5-7-10-17(6-2)15-23-20(21-3)24-16-19(26)25(4)14-12-18-11-8-9-13-22-18/h8-9,11,13,17H,5-7,10,12,14-16H2,1-4H3,(H2,21,23,24). The topological polar surface area (TPSA) is 69.6 Å². The Balaban J connectivity index is 2.31. The molecule has 1 unspecified atom stereocenters. The third kappa shape index (κ3) is 8.83. The summed E-state index contributed by atoms with van der Waals surface area (Å²) in [6.45, 7) is 6.22. The third-order valence-corrected chi connectivity index (χ3v) is 4.59. The molecule has 1 rings (SSSR count). The van der Waals surface area contributed by atoms with Crippen molar-refractivity contribution in [2.45, 2.75) is 46.0 Å². The lowest BCUT2D eigenvalue weighted by molar-refractivity contribution is -0.128. The number of carbonyl (C=O) groups is 1. The number of aliphatic imine (C=N–C) groups is 1. The van der Waals surface area contributed by atoms with E-state index in [0.29, 0.717) is 18.4 Å². The molecule has 6 nitrogen and oxygen atoms in total. The molecule has 1 heterocycles. The summed E-state index contributed by atoms with van der Waals surface area (Å²) >= 11 is 0. The zero-order valence-electron chi connectivity index (χ0n) is 16.8. The normalized spacial score (nSPS) is 12.5. The number of aromatic nitrogens is 1. The highest BCUT2D eigenvalue weighted by Gasteiger charge is 2.11. The maximum absolute atomic E-state index is 12.3. The number of guanidine groups is 1. The van der Waals surface area contributed by atoms with Gasteiger partial charge in [0.25, 0.3) is 0 Å². The van der Waals surface area contributed by atoms with Crippen molar-refractivity contribution in [3.8, 4) is 0 Å². The van der Waals surface area contributed by atoms with Crippen molar-refractivity contribution >= 4 is 11.9 Å². The molecule has 0 bridgehead atoms. The Bertz CT molecular complexity index is 532. The quantitative estimate of drug-likeness (QED) is 0.469. The molecule has 0 saturated carbocycles. The molecule has 0 aliphatic rings. The largest absolute Gasteiger partial charge is 0.356 e. The minimum atomic E-state index is 0.0434. The van der Waals surface area contributed by atoms with Crippen LogP contribution in [0.2, 0.25) is 0 Å². The second-order valence-electron chi connectivity index (χ2n) is 6.61. The van der Waals surface area contributed by atoms with Gasteiger partial charge in [0, 0.05) is 45.5 Å². The van der Waals surface area contributed by atoms with Gasteiger partial charge >= 0.3 is 0 Å². The van der Waals surface area contributed by atoms with Crippen molar-refractivity contribution in [3.63, 3.8) is 0 Å². The first-order valence-corrected chi connectivity index (χ1v) is 9.69. The summed E-state index contributed by atoms with van der Waals surface area (Å²) in [7, 11) is 3.55. The van der Waals surface area contributed by atoms with Gasteiger partial charge in [0.15, 0.2) is 5.96 Å². The molecule has 0 aliphatic carbocycles. The number of nitrogens with one attached hydrogen (secondary N) is 2. The zero-order chi connectivity index (χ0) is 19.2. The molecule has 0 fully saturated rings. The van der Waals surface area contributed by atoms with Gasteiger partial charge in [-0.1, -0.05) is 39.2 Å². The van der Waals surface area contributed by atoms with Crippen molar-refractivity contribution in [1.29, 1.82) is 0 Å². The van der Waals surface area contributed by atoms with Crippen LogP contribution in [-0.2, 0) is 11.2 Å². The van der Waals surface area contributed by atoms with E-state index in [1.165, 1.54) is 19.3 Å². The second-order valence-corrected chi connectivity index (χ2v) is 6.61. The second kappa shape index (κ2) is 13.1. The molecule has 1 amide bonds. The number of pyridine rings is 1. The first-order valence-electron chi connectivity index (χ1n) is 9.69. The molecular formula is C20H35N5O. The SMILES string of the molecule is CCCCC(CC)CNC(=NC)NCC(=O)N(C)CCc1ccccn1. The van der Waals surface area contributed by atoms with E-state index in [2.05, 4.69) is 34.5 Å². The molecule has 146 valence electrons. The van der Waals surface area contributed by atoms with Crippen LogP contribution >= 0.6 is 0 Å². The average Bonchev–Trinajstić information content (AvgIpc) is 2.68. The summed E-state index contributed by atoms with van der Waals surface area (Å²) in [6, 6.07) is 5.84. The van der Waals surface area contributed by atoms with Gasteiger partial charge in [-0.3, -0.25) is 14.8 Å². The van der Waals surface area contributed by atoms with E-state index in [0.717, 1.165) is 25.1 Å². The van der Waals surface area contributed by atoms with Crippen molar-refractivity contribution in [2.75, 3.05) is 33.7 Å². The van der Waals surface area contributed by atoms with Crippen LogP contribution in [0.3, 0.4) is 0 Å². The van der Waals surface area contributed by atoms with Crippen LogP contribution in [0.4, 0.5) is 0 Å². The summed E-state index contributed by atoms with van der Waals surface area (Å²) in [5, 5.41) is 6.46. The Labute approximate surface area is 158 Å². The molecule has 2 N–H and O–H groups in total. The molecule has 0 spiro atoms. The van der Waals surface area contributed by atoms with Gasteiger partial charge in [-0.2, -0.15) is 0 Å². The highest BCUT2D eigenvalue weighted by molar-refractivity contribution is 5.86. The lowest BCUT2D eigenvalue weighted by Crippen LogP contribution is -2.45. The third-order valence-electron chi connectivity index (χ3n) is 4.59. The van der Waals surface area contributed by atoms with Crippen molar-refractivity contribution in [2.24, 2.45) is 10.9 Å². The maximum Gasteiger partial charge on any atom is 0.241 e. The average molecular weight is 362 g/mol. The number of hydrogen-bond donors (Lipinski definition) is 2. The number of nitrogens with zero attached hydrogens (tertiary/aromatic N) is 3. The number of amides is 1. The van der Waals surface area contributed by atoms with Crippen LogP contribution in [0.25, 0.3) is 0 Å². The highest BCUT2D eigenvalue weighted by Crippen LogP contribution is 2.10. The van der Waals surface area contributed by atoms with Gasteiger partial charge < -0.3 is 15.5 Å². The maximum atomic E-state index is 12.3.